The maximum Gasteiger partial charge on any atom is 0.268 e. The average Bonchev–Trinajstić information content (AvgIpc) is 2.82. The standard InChI is InChI=1S/C25H26FN3O4/c1-17-25(32)29(16-24(31)28-13-3-2-4-14-28)21-15-20(10-11-22(21)33-17)27-23(30)12-7-18-5-8-19(26)9-6-18/h5-12,15,17H,2-4,13-14,16H2,1H3,(H,27,30)/b12-7+. The van der Waals surface area contributed by atoms with Crippen molar-refractivity contribution in [2.75, 3.05) is 29.9 Å². The van der Waals surface area contributed by atoms with Gasteiger partial charge < -0.3 is 15.0 Å². The Morgan fingerprint density at radius 2 is 1.85 bits per heavy atom. The van der Waals surface area contributed by atoms with Gasteiger partial charge in [-0.2, -0.15) is 0 Å². The van der Waals surface area contributed by atoms with E-state index >= 15 is 0 Å². The first-order valence-electron chi connectivity index (χ1n) is 11.1. The number of piperidine rings is 1. The van der Waals surface area contributed by atoms with Crippen LogP contribution in [0.25, 0.3) is 6.08 Å². The number of nitrogens with zero attached hydrogens (tertiary/aromatic N) is 2. The summed E-state index contributed by atoms with van der Waals surface area (Å²) < 4.78 is 18.7. The highest BCUT2D eigenvalue weighted by Gasteiger charge is 2.34. The maximum absolute atomic E-state index is 13.0. The van der Waals surface area contributed by atoms with Crippen molar-refractivity contribution in [3.63, 3.8) is 0 Å². The van der Waals surface area contributed by atoms with Crippen LogP contribution in [0.5, 0.6) is 5.75 Å². The number of nitrogens with one attached hydrogen (secondary N) is 1. The van der Waals surface area contributed by atoms with Gasteiger partial charge in [0.1, 0.15) is 18.1 Å². The topological polar surface area (TPSA) is 79.0 Å². The van der Waals surface area contributed by atoms with Gasteiger partial charge in [-0.1, -0.05) is 12.1 Å². The monoisotopic (exact) mass is 451 g/mol. The van der Waals surface area contributed by atoms with E-state index in [-0.39, 0.29) is 30.1 Å². The molecule has 4 rings (SSSR count). The van der Waals surface area contributed by atoms with Crippen molar-refractivity contribution >= 4 is 35.2 Å². The Labute approximate surface area is 191 Å². The van der Waals surface area contributed by atoms with E-state index in [1.165, 1.54) is 23.1 Å². The molecule has 2 aromatic rings. The lowest BCUT2D eigenvalue weighted by Gasteiger charge is -2.35. The molecule has 0 aromatic heterocycles. The summed E-state index contributed by atoms with van der Waals surface area (Å²) in [7, 11) is 0. The van der Waals surface area contributed by atoms with Crippen molar-refractivity contribution in [2.24, 2.45) is 0 Å². The third kappa shape index (κ3) is 5.39. The molecule has 0 bridgehead atoms. The van der Waals surface area contributed by atoms with Crippen LogP contribution in [0.1, 0.15) is 31.7 Å². The molecule has 1 unspecified atom stereocenters. The van der Waals surface area contributed by atoms with E-state index in [0.29, 0.717) is 35.8 Å². The number of benzene rings is 2. The first kappa shape index (κ1) is 22.5. The van der Waals surface area contributed by atoms with E-state index in [1.807, 2.05) is 0 Å². The number of hydrogen-bond donors (Lipinski definition) is 1. The molecule has 0 aliphatic carbocycles. The normalized spacial score (nSPS) is 18.1. The van der Waals surface area contributed by atoms with E-state index in [2.05, 4.69) is 5.32 Å². The highest BCUT2D eigenvalue weighted by atomic mass is 19.1. The zero-order chi connectivity index (χ0) is 23.4. The van der Waals surface area contributed by atoms with Gasteiger partial charge in [-0.05, 0) is 68.2 Å². The molecule has 2 aliphatic rings. The molecule has 8 heteroatoms. The number of anilines is 2. The minimum Gasteiger partial charge on any atom is -0.479 e. The molecule has 7 nitrogen and oxygen atoms in total. The van der Waals surface area contributed by atoms with Gasteiger partial charge in [0, 0.05) is 24.9 Å². The van der Waals surface area contributed by atoms with Crippen LogP contribution in [0.15, 0.2) is 48.5 Å². The Morgan fingerprint density at radius 3 is 2.58 bits per heavy atom. The van der Waals surface area contributed by atoms with Gasteiger partial charge in [0.05, 0.1) is 5.69 Å². The summed E-state index contributed by atoms with van der Waals surface area (Å²) in [6, 6.07) is 10.8. The molecule has 3 amide bonds. The predicted molar refractivity (Wildman–Crippen MR) is 123 cm³/mol. The minimum absolute atomic E-state index is 0.0681. The Balaban J connectivity index is 1.49. The number of fused-ring (bicyclic) bond motifs is 1. The fourth-order valence-corrected chi connectivity index (χ4v) is 3.96. The van der Waals surface area contributed by atoms with E-state index in [9.17, 15) is 18.8 Å². The first-order valence-corrected chi connectivity index (χ1v) is 11.1. The Morgan fingerprint density at radius 1 is 1.12 bits per heavy atom. The van der Waals surface area contributed by atoms with Crippen molar-refractivity contribution < 1.29 is 23.5 Å². The highest BCUT2D eigenvalue weighted by molar-refractivity contribution is 6.06. The van der Waals surface area contributed by atoms with Crippen LogP contribution >= 0.6 is 0 Å². The summed E-state index contributed by atoms with van der Waals surface area (Å²) in [4.78, 5) is 41.2. The van der Waals surface area contributed by atoms with Crippen LogP contribution in [-0.4, -0.2) is 48.4 Å². The summed E-state index contributed by atoms with van der Waals surface area (Å²) in [5.74, 6) is -0.646. The Bertz CT molecular complexity index is 1080. The van der Waals surface area contributed by atoms with Crippen LogP contribution in [-0.2, 0) is 14.4 Å². The molecule has 0 saturated carbocycles. The summed E-state index contributed by atoms with van der Waals surface area (Å²) in [6.07, 6.45) is 5.26. The first-order chi connectivity index (χ1) is 15.9. The predicted octanol–water partition coefficient (Wildman–Crippen LogP) is 3.60. The fraction of sp³-hybridized carbons (Fsp3) is 0.320. The molecule has 1 fully saturated rings. The summed E-state index contributed by atoms with van der Waals surface area (Å²) in [6.45, 7) is 2.99. The third-order valence-electron chi connectivity index (χ3n) is 5.73. The fourth-order valence-electron chi connectivity index (χ4n) is 3.96. The second-order valence-electron chi connectivity index (χ2n) is 8.18. The molecular weight excluding hydrogens is 425 g/mol. The minimum atomic E-state index is -0.703. The van der Waals surface area contributed by atoms with Crippen molar-refractivity contribution in [2.45, 2.75) is 32.3 Å². The number of ether oxygens (including phenoxy) is 1. The van der Waals surface area contributed by atoms with Crippen molar-refractivity contribution in [1.82, 2.24) is 4.90 Å². The molecule has 0 radical (unpaired) electrons. The van der Waals surface area contributed by atoms with Crippen LogP contribution in [0.3, 0.4) is 0 Å². The van der Waals surface area contributed by atoms with Gasteiger partial charge in [0.2, 0.25) is 11.8 Å². The number of likely N-dealkylation sites (tertiary alicyclic amines) is 1. The smallest absolute Gasteiger partial charge is 0.268 e. The van der Waals surface area contributed by atoms with Crippen molar-refractivity contribution in [3.05, 3.63) is 59.9 Å². The molecular formula is C25H26FN3O4. The van der Waals surface area contributed by atoms with Gasteiger partial charge in [0.25, 0.3) is 5.91 Å². The zero-order valence-electron chi connectivity index (χ0n) is 18.4. The molecule has 2 heterocycles. The maximum atomic E-state index is 13.0. The van der Waals surface area contributed by atoms with Gasteiger partial charge >= 0.3 is 0 Å². The summed E-state index contributed by atoms with van der Waals surface area (Å²) in [5, 5.41) is 2.75. The molecule has 2 aliphatic heterocycles. The van der Waals surface area contributed by atoms with E-state index in [0.717, 1.165) is 19.3 Å². The number of carbonyl (C=O) groups excluding carboxylic acids is 3. The van der Waals surface area contributed by atoms with E-state index < -0.39 is 6.10 Å². The zero-order valence-corrected chi connectivity index (χ0v) is 18.4. The average molecular weight is 451 g/mol. The molecule has 2 aromatic carbocycles. The second-order valence-corrected chi connectivity index (χ2v) is 8.18. The number of hydrogen-bond acceptors (Lipinski definition) is 4. The Kier molecular flexibility index (Phi) is 6.72. The number of amides is 3. The third-order valence-corrected chi connectivity index (χ3v) is 5.73. The quantitative estimate of drug-likeness (QED) is 0.705. The summed E-state index contributed by atoms with van der Waals surface area (Å²) in [5.41, 5.74) is 1.60. The summed E-state index contributed by atoms with van der Waals surface area (Å²) >= 11 is 0. The molecule has 172 valence electrons. The lowest BCUT2D eigenvalue weighted by Crippen LogP contribution is -2.50. The Hall–Kier alpha value is -3.68. The van der Waals surface area contributed by atoms with Crippen LogP contribution in [0.2, 0.25) is 0 Å². The molecule has 33 heavy (non-hydrogen) atoms. The van der Waals surface area contributed by atoms with Gasteiger partial charge in [-0.15, -0.1) is 0 Å². The van der Waals surface area contributed by atoms with Crippen LogP contribution < -0.4 is 15.0 Å². The molecule has 1 N–H and O–H groups in total. The largest absolute Gasteiger partial charge is 0.479 e. The second kappa shape index (κ2) is 9.85. The van der Waals surface area contributed by atoms with Crippen molar-refractivity contribution in [1.29, 1.82) is 0 Å². The lowest BCUT2D eigenvalue weighted by molar-refractivity contribution is -0.133. The van der Waals surface area contributed by atoms with Gasteiger partial charge in [-0.25, -0.2) is 4.39 Å². The SMILES string of the molecule is CC1Oc2ccc(NC(=O)/C=C/c3ccc(F)cc3)cc2N(CC(=O)N2CCCCC2)C1=O. The van der Waals surface area contributed by atoms with Crippen molar-refractivity contribution in [3.8, 4) is 5.75 Å². The van der Waals surface area contributed by atoms with E-state index in [1.54, 1.807) is 48.2 Å². The lowest BCUT2D eigenvalue weighted by atomic mass is 10.1. The number of halogens is 1. The van der Waals surface area contributed by atoms with Crippen LogP contribution in [0.4, 0.5) is 15.8 Å². The highest BCUT2D eigenvalue weighted by Crippen LogP contribution is 2.36. The number of rotatable bonds is 5. The molecule has 0 spiro atoms. The van der Waals surface area contributed by atoms with E-state index in [4.69, 9.17) is 4.74 Å². The number of carbonyl (C=O) groups is 3. The molecule has 1 saturated heterocycles. The van der Waals surface area contributed by atoms with Crippen LogP contribution in [0, 0.1) is 5.82 Å². The van der Waals surface area contributed by atoms with Gasteiger partial charge in [0.15, 0.2) is 6.10 Å². The van der Waals surface area contributed by atoms with Gasteiger partial charge in [-0.3, -0.25) is 19.3 Å². The molecule has 1 atom stereocenters.